The lowest BCUT2D eigenvalue weighted by molar-refractivity contribution is -0.141. The van der Waals surface area contributed by atoms with Gasteiger partial charge in [0.05, 0.1) is 23.8 Å². The van der Waals surface area contributed by atoms with E-state index in [0.29, 0.717) is 44.8 Å². The molecule has 0 radical (unpaired) electrons. The van der Waals surface area contributed by atoms with Crippen molar-refractivity contribution in [1.29, 1.82) is 0 Å². The van der Waals surface area contributed by atoms with Crippen LogP contribution in [-0.4, -0.2) is 85.2 Å². The molecular weight excluding hydrogens is 503 g/mol. The Morgan fingerprint density at radius 3 is 2.50 bits per heavy atom. The predicted octanol–water partition coefficient (Wildman–Crippen LogP) is 3.74. The van der Waals surface area contributed by atoms with Crippen molar-refractivity contribution >= 4 is 18.0 Å². The summed E-state index contributed by atoms with van der Waals surface area (Å²) in [5, 5.41) is 5.48. The average molecular weight is 540 g/mol. The number of benzene rings is 1. The van der Waals surface area contributed by atoms with Crippen LogP contribution in [-0.2, 0) is 15.7 Å². The van der Waals surface area contributed by atoms with Gasteiger partial charge in [-0.2, -0.15) is 13.2 Å². The minimum Gasteiger partial charge on any atom is -0.463 e. The zero-order chi connectivity index (χ0) is 27.9. The van der Waals surface area contributed by atoms with E-state index in [1.165, 1.54) is 23.1 Å². The first kappa shape index (κ1) is 29.3. The van der Waals surface area contributed by atoms with Crippen molar-refractivity contribution in [2.75, 3.05) is 52.4 Å². The van der Waals surface area contributed by atoms with Gasteiger partial charge in [-0.15, -0.1) is 0 Å². The number of alkyl halides is 3. The summed E-state index contributed by atoms with van der Waals surface area (Å²) in [5.41, 5.74) is -0.869. The van der Waals surface area contributed by atoms with Crippen molar-refractivity contribution < 1.29 is 32.3 Å². The zero-order valence-corrected chi connectivity index (χ0v) is 22.1. The van der Waals surface area contributed by atoms with Gasteiger partial charge >= 0.3 is 24.2 Å². The number of carbonyl (C=O) groups excluding carboxylic acids is 3. The molecule has 12 heteroatoms. The molecule has 1 aromatic carbocycles. The van der Waals surface area contributed by atoms with Gasteiger partial charge in [0, 0.05) is 51.5 Å². The summed E-state index contributed by atoms with van der Waals surface area (Å²) in [6.07, 6.45) is -3.19. The van der Waals surface area contributed by atoms with Crippen LogP contribution in [0.5, 0.6) is 0 Å². The van der Waals surface area contributed by atoms with E-state index in [1.54, 1.807) is 18.7 Å². The normalized spacial score (nSPS) is 19.2. The van der Waals surface area contributed by atoms with Crippen molar-refractivity contribution in [2.24, 2.45) is 0 Å². The molecule has 0 unspecified atom stereocenters. The molecule has 2 N–H and O–H groups in total. The SMILES string of the molecule is CCCNC(=O)N1CCCN(CC2=C(C(=O)OCC)[C@H](c3ccccc3C(F)(F)F)NC(=O)N2CC)CC1. The maximum atomic E-state index is 13.9. The molecule has 0 aromatic heterocycles. The fourth-order valence-corrected chi connectivity index (χ4v) is 4.79. The standard InChI is InChI=1S/C26H36F3N5O4/c1-4-12-30-24(36)33-14-9-13-32(15-16-33)17-20-21(23(35)38-6-3)22(31-25(37)34(20)5-2)18-10-7-8-11-19(18)26(27,28)29/h7-8,10-11,22H,4-6,9,12-17H2,1-3H3,(H,30,36)(H,31,37)/t22-/m0/s1. The number of hydrogen-bond donors (Lipinski definition) is 2. The molecule has 1 saturated heterocycles. The average Bonchev–Trinajstić information content (AvgIpc) is 3.12. The summed E-state index contributed by atoms with van der Waals surface area (Å²) in [4.78, 5) is 43.9. The van der Waals surface area contributed by atoms with Crippen molar-refractivity contribution in [2.45, 2.75) is 45.8 Å². The van der Waals surface area contributed by atoms with Crippen molar-refractivity contribution in [3.8, 4) is 0 Å². The summed E-state index contributed by atoms with van der Waals surface area (Å²) in [6.45, 7) is 8.32. The van der Waals surface area contributed by atoms with Gasteiger partial charge in [-0.05, 0) is 38.3 Å². The van der Waals surface area contributed by atoms with Gasteiger partial charge in [-0.3, -0.25) is 9.80 Å². The monoisotopic (exact) mass is 539 g/mol. The van der Waals surface area contributed by atoms with Gasteiger partial charge in [0.15, 0.2) is 0 Å². The van der Waals surface area contributed by atoms with Crippen LogP contribution in [0, 0.1) is 0 Å². The molecule has 210 valence electrons. The van der Waals surface area contributed by atoms with Crippen molar-refractivity contribution in [1.82, 2.24) is 25.3 Å². The van der Waals surface area contributed by atoms with Crippen LogP contribution in [0.2, 0.25) is 0 Å². The van der Waals surface area contributed by atoms with E-state index in [1.807, 2.05) is 11.8 Å². The Hall–Kier alpha value is -3.28. The first-order valence-electron chi connectivity index (χ1n) is 13.0. The van der Waals surface area contributed by atoms with Gasteiger partial charge in [0.25, 0.3) is 0 Å². The molecule has 0 aliphatic carbocycles. The molecule has 2 aliphatic heterocycles. The van der Waals surface area contributed by atoms with Crippen LogP contribution in [0.1, 0.15) is 50.8 Å². The Morgan fingerprint density at radius 2 is 1.84 bits per heavy atom. The van der Waals surface area contributed by atoms with Crippen molar-refractivity contribution in [3.63, 3.8) is 0 Å². The van der Waals surface area contributed by atoms with Gasteiger partial charge in [0.1, 0.15) is 0 Å². The van der Waals surface area contributed by atoms with Gasteiger partial charge in [-0.25, -0.2) is 14.4 Å². The molecule has 1 fully saturated rings. The third kappa shape index (κ3) is 6.77. The van der Waals surface area contributed by atoms with Crippen LogP contribution in [0.3, 0.4) is 0 Å². The summed E-state index contributed by atoms with van der Waals surface area (Å²) >= 11 is 0. The van der Waals surface area contributed by atoms with Gasteiger partial charge in [0.2, 0.25) is 0 Å². The number of halogens is 3. The van der Waals surface area contributed by atoms with E-state index in [9.17, 15) is 27.6 Å². The first-order chi connectivity index (χ1) is 18.1. The number of hydrogen-bond acceptors (Lipinski definition) is 5. The summed E-state index contributed by atoms with van der Waals surface area (Å²) < 4.78 is 47.0. The summed E-state index contributed by atoms with van der Waals surface area (Å²) in [5.74, 6) is -0.779. The Kier molecular flexibility index (Phi) is 10.0. The molecule has 1 atom stereocenters. The molecule has 1 aromatic rings. The highest BCUT2D eigenvalue weighted by Gasteiger charge is 2.42. The largest absolute Gasteiger partial charge is 0.463 e. The number of rotatable bonds is 8. The molecule has 2 heterocycles. The smallest absolute Gasteiger partial charge is 0.416 e. The van der Waals surface area contributed by atoms with Crippen LogP contribution < -0.4 is 10.6 Å². The maximum Gasteiger partial charge on any atom is 0.416 e. The van der Waals surface area contributed by atoms with Crippen LogP contribution in [0.15, 0.2) is 35.5 Å². The lowest BCUT2D eigenvalue weighted by Gasteiger charge is -2.38. The Balaban J connectivity index is 2.01. The first-order valence-corrected chi connectivity index (χ1v) is 13.0. The van der Waals surface area contributed by atoms with Crippen LogP contribution in [0.4, 0.5) is 22.8 Å². The van der Waals surface area contributed by atoms with Gasteiger partial charge < -0.3 is 20.3 Å². The highest BCUT2D eigenvalue weighted by Crippen LogP contribution is 2.39. The maximum absolute atomic E-state index is 13.9. The number of carbonyl (C=O) groups is 3. The van der Waals surface area contributed by atoms with E-state index < -0.39 is 29.8 Å². The quantitative estimate of drug-likeness (QED) is 0.491. The van der Waals surface area contributed by atoms with E-state index >= 15 is 0 Å². The Morgan fingerprint density at radius 1 is 1.11 bits per heavy atom. The third-order valence-electron chi connectivity index (χ3n) is 6.60. The number of urea groups is 2. The van der Waals surface area contributed by atoms with Gasteiger partial charge in [-0.1, -0.05) is 25.1 Å². The molecule has 38 heavy (non-hydrogen) atoms. The highest BCUT2D eigenvalue weighted by molar-refractivity contribution is 5.95. The molecule has 0 spiro atoms. The number of esters is 1. The molecular formula is C26H36F3N5O4. The van der Waals surface area contributed by atoms with Crippen LogP contribution in [0.25, 0.3) is 0 Å². The number of nitrogens with zero attached hydrogens (tertiary/aromatic N) is 3. The highest BCUT2D eigenvalue weighted by atomic mass is 19.4. The molecule has 0 saturated carbocycles. The summed E-state index contributed by atoms with van der Waals surface area (Å²) in [6, 6.07) is 2.85. The lowest BCUT2D eigenvalue weighted by Crippen LogP contribution is -2.51. The zero-order valence-electron chi connectivity index (χ0n) is 22.1. The second-order valence-corrected chi connectivity index (χ2v) is 9.14. The van der Waals surface area contributed by atoms with E-state index in [4.69, 9.17) is 4.74 Å². The minimum absolute atomic E-state index is 0.0215. The number of amides is 4. The Labute approximate surface area is 221 Å². The predicted molar refractivity (Wildman–Crippen MR) is 135 cm³/mol. The molecule has 9 nitrogen and oxygen atoms in total. The van der Waals surface area contributed by atoms with E-state index in [0.717, 1.165) is 12.5 Å². The fourth-order valence-electron chi connectivity index (χ4n) is 4.79. The number of ether oxygens (including phenoxy) is 1. The van der Waals surface area contributed by atoms with E-state index in [2.05, 4.69) is 10.6 Å². The molecule has 2 aliphatic rings. The lowest BCUT2D eigenvalue weighted by atomic mass is 9.90. The number of likely N-dealkylation sites (N-methyl/N-ethyl adjacent to an activating group) is 1. The molecule has 0 bridgehead atoms. The fraction of sp³-hybridized carbons (Fsp3) is 0.577. The van der Waals surface area contributed by atoms with Crippen LogP contribution >= 0.6 is 0 Å². The topological polar surface area (TPSA) is 94.2 Å². The Bertz CT molecular complexity index is 1050. The molecule has 4 amide bonds. The number of nitrogens with one attached hydrogen (secondary N) is 2. The second kappa shape index (κ2) is 13.0. The second-order valence-electron chi connectivity index (χ2n) is 9.14. The minimum atomic E-state index is -4.68. The third-order valence-corrected chi connectivity index (χ3v) is 6.60. The summed E-state index contributed by atoms with van der Waals surface area (Å²) in [7, 11) is 0. The van der Waals surface area contributed by atoms with E-state index in [-0.39, 0.29) is 36.9 Å². The van der Waals surface area contributed by atoms with Crippen molar-refractivity contribution in [3.05, 3.63) is 46.7 Å². The molecule has 3 rings (SSSR count).